The molecule has 2 N–H and O–H groups in total. The van der Waals surface area contributed by atoms with Gasteiger partial charge in [-0.15, -0.1) is 11.3 Å². The molecule has 0 saturated heterocycles. The van der Waals surface area contributed by atoms with Gasteiger partial charge in [0.15, 0.2) is 17.5 Å². The highest BCUT2D eigenvalue weighted by Crippen LogP contribution is 2.28. The van der Waals surface area contributed by atoms with Crippen LogP contribution >= 0.6 is 11.3 Å². The third-order valence-corrected chi connectivity index (χ3v) is 4.93. The quantitative estimate of drug-likeness (QED) is 0.340. The van der Waals surface area contributed by atoms with Crippen molar-refractivity contribution >= 4 is 17.3 Å². The van der Waals surface area contributed by atoms with Gasteiger partial charge in [0.05, 0.1) is 24.4 Å². The number of nitrogens with zero attached hydrogens (tertiary/aromatic N) is 2. The Bertz CT molecular complexity index is 746. The van der Waals surface area contributed by atoms with Crippen molar-refractivity contribution in [2.24, 2.45) is 4.99 Å². The number of methoxy groups -OCH3 is 1. The van der Waals surface area contributed by atoms with Crippen molar-refractivity contribution in [3.05, 3.63) is 39.8 Å². The molecule has 0 fully saturated rings. The molecule has 0 aliphatic carbocycles. The highest BCUT2D eigenvalue weighted by Gasteiger charge is 2.05. The minimum absolute atomic E-state index is 0.627. The molecular formula is C21H32N4O2S. The lowest BCUT2D eigenvalue weighted by Crippen LogP contribution is -2.38. The molecule has 28 heavy (non-hydrogen) atoms. The van der Waals surface area contributed by atoms with E-state index in [2.05, 4.69) is 45.0 Å². The fourth-order valence-corrected chi connectivity index (χ4v) is 3.44. The van der Waals surface area contributed by atoms with Crippen molar-refractivity contribution in [1.29, 1.82) is 0 Å². The molecule has 0 radical (unpaired) electrons. The predicted octanol–water partition coefficient (Wildman–Crippen LogP) is 3.59. The second-order valence-electron chi connectivity index (χ2n) is 6.32. The van der Waals surface area contributed by atoms with Gasteiger partial charge < -0.3 is 20.1 Å². The average Bonchev–Trinajstić information content (AvgIpc) is 3.10. The Hall–Kier alpha value is -2.28. The largest absolute Gasteiger partial charge is 0.493 e. The number of aryl methyl sites for hydroxylation is 2. The fraction of sp³-hybridized carbons (Fsp3) is 0.524. The number of benzene rings is 1. The highest BCUT2D eigenvalue weighted by molar-refractivity contribution is 7.09. The summed E-state index contributed by atoms with van der Waals surface area (Å²) >= 11 is 1.69. The van der Waals surface area contributed by atoms with Gasteiger partial charge in [-0.25, -0.2) is 4.98 Å². The summed E-state index contributed by atoms with van der Waals surface area (Å²) in [6.07, 6.45) is 2.83. The van der Waals surface area contributed by atoms with Crippen LogP contribution in [0.2, 0.25) is 0 Å². The predicted molar refractivity (Wildman–Crippen MR) is 117 cm³/mol. The van der Waals surface area contributed by atoms with Crippen LogP contribution in [0.3, 0.4) is 0 Å². The van der Waals surface area contributed by atoms with Crippen molar-refractivity contribution in [1.82, 2.24) is 15.6 Å². The first-order valence-corrected chi connectivity index (χ1v) is 10.8. The molecule has 0 aliphatic rings. The molecular weight excluding hydrogens is 372 g/mol. The number of nitrogens with one attached hydrogen (secondary N) is 2. The maximum absolute atomic E-state index is 5.65. The van der Waals surface area contributed by atoms with Crippen molar-refractivity contribution in [3.63, 3.8) is 0 Å². The Morgan fingerprint density at radius 1 is 1.18 bits per heavy atom. The van der Waals surface area contributed by atoms with Crippen LogP contribution in [0.4, 0.5) is 0 Å². The summed E-state index contributed by atoms with van der Waals surface area (Å²) in [5.41, 5.74) is 2.37. The summed E-state index contributed by atoms with van der Waals surface area (Å²) in [4.78, 5) is 9.17. The Morgan fingerprint density at radius 2 is 2.04 bits per heavy atom. The molecule has 1 aromatic heterocycles. The topological polar surface area (TPSA) is 67.8 Å². The molecule has 7 heteroatoms. The van der Waals surface area contributed by atoms with Gasteiger partial charge in [-0.2, -0.15) is 0 Å². The van der Waals surface area contributed by atoms with E-state index in [9.17, 15) is 0 Å². The van der Waals surface area contributed by atoms with Crippen LogP contribution in [0, 0.1) is 6.92 Å². The molecule has 2 aromatic rings. The fourth-order valence-electron chi connectivity index (χ4n) is 2.79. The maximum Gasteiger partial charge on any atom is 0.191 e. The second kappa shape index (κ2) is 12.2. The molecule has 0 amide bonds. The molecule has 2 rings (SSSR count). The van der Waals surface area contributed by atoms with E-state index in [0.29, 0.717) is 6.61 Å². The van der Waals surface area contributed by atoms with E-state index in [1.165, 1.54) is 5.56 Å². The van der Waals surface area contributed by atoms with Crippen LogP contribution in [0.15, 0.2) is 28.6 Å². The first kappa shape index (κ1) is 22.0. The second-order valence-corrected chi connectivity index (χ2v) is 7.38. The number of rotatable bonds is 11. The summed E-state index contributed by atoms with van der Waals surface area (Å²) in [6, 6.07) is 6.12. The summed E-state index contributed by atoms with van der Waals surface area (Å²) in [5.74, 6) is 2.44. The molecule has 0 saturated carbocycles. The minimum Gasteiger partial charge on any atom is -0.493 e. The molecule has 1 heterocycles. The highest BCUT2D eigenvalue weighted by atomic mass is 32.1. The van der Waals surface area contributed by atoms with Gasteiger partial charge in [0.2, 0.25) is 0 Å². The summed E-state index contributed by atoms with van der Waals surface area (Å²) in [5, 5.41) is 9.91. The van der Waals surface area contributed by atoms with E-state index in [0.717, 1.165) is 67.1 Å². The lowest BCUT2D eigenvalue weighted by molar-refractivity contribution is 0.310. The lowest BCUT2D eigenvalue weighted by Gasteiger charge is -2.12. The zero-order chi connectivity index (χ0) is 20.2. The van der Waals surface area contributed by atoms with E-state index < -0.39 is 0 Å². The van der Waals surface area contributed by atoms with Crippen molar-refractivity contribution in [3.8, 4) is 11.5 Å². The number of guanidine groups is 1. The van der Waals surface area contributed by atoms with E-state index in [4.69, 9.17) is 9.47 Å². The van der Waals surface area contributed by atoms with Gasteiger partial charge in [-0.1, -0.05) is 6.07 Å². The first-order valence-electron chi connectivity index (χ1n) is 9.89. The maximum atomic E-state index is 5.65. The van der Waals surface area contributed by atoms with E-state index in [1.54, 1.807) is 18.4 Å². The Labute approximate surface area is 172 Å². The number of hydrogen-bond donors (Lipinski definition) is 2. The molecule has 0 atom stereocenters. The van der Waals surface area contributed by atoms with Gasteiger partial charge in [0.25, 0.3) is 0 Å². The van der Waals surface area contributed by atoms with Gasteiger partial charge >= 0.3 is 0 Å². The Balaban J connectivity index is 1.80. The van der Waals surface area contributed by atoms with Crippen molar-refractivity contribution < 1.29 is 9.47 Å². The third-order valence-electron chi connectivity index (χ3n) is 4.11. The smallest absolute Gasteiger partial charge is 0.191 e. The SMILES string of the molecule is CCNC(=NCCCc1ccc(OC)c(OCC)c1)NCCc1csc(C)n1. The zero-order valence-corrected chi connectivity index (χ0v) is 18.2. The van der Waals surface area contributed by atoms with Crippen LogP contribution in [0.5, 0.6) is 11.5 Å². The third kappa shape index (κ3) is 7.38. The van der Waals surface area contributed by atoms with E-state index >= 15 is 0 Å². The molecule has 0 bridgehead atoms. The molecule has 6 nitrogen and oxygen atoms in total. The van der Waals surface area contributed by atoms with Crippen LogP contribution in [0.25, 0.3) is 0 Å². The van der Waals surface area contributed by atoms with Crippen LogP contribution in [0.1, 0.15) is 36.5 Å². The Morgan fingerprint density at radius 3 is 2.71 bits per heavy atom. The monoisotopic (exact) mass is 404 g/mol. The standard InChI is InChI=1S/C21H32N4O2S/c1-5-22-21(24-13-11-18-15-28-16(3)25-18)23-12-7-8-17-9-10-19(26-4)20(14-17)27-6-2/h9-10,14-15H,5-8,11-13H2,1-4H3,(H2,22,23,24). The van der Waals surface area contributed by atoms with Crippen LogP contribution < -0.4 is 20.1 Å². The van der Waals surface area contributed by atoms with Crippen molar-refractivity contribution in [2.45, 2.75) is 40.0 Å². The molecule has 0 unspecified atom stereocenters. The number of thiazole rings is 1. The van der Waals surface area contributed by atoms with Gasteiger partial charge in [0.1, 0.15) is 0 Å². The molecule has 154 valence electrons. The Kier molecular flexibility index (Phi) is 9.62. The van der Waals surface area contributed by atoms with Gasteiger partial charge in [-0.3, -0.25) is 4.99 Å². The molecule has 1 aromatic carbocycles. The molecule has 0 aliphatic heterocycles. The van der Waals surface area contributed by atoms with Crippen LogP contribution in [-0.2, 0) is 12.8 Å². The zero-order valence-electron chi connectivity index (χ0n) is 17.4. The summed E-state index contributed by atoms with van der Waals surface area (Å²) in [6.45, 7) is 9.15. The summed E-state index contributed by atoms with van der Waals surface area (Å²) in [7, 11) is 1.66. The van der Waals surface area contributed by atoms with Gasteiger partial charge in [0, 0.05) is 31.4 Å². The number of ether oxygens (including phenoxy) is 2. The van der Waals surface area contributed by atoms with E-state index in [-0.39, 0.29) is 0 Å². The van der Waals surface area contributed by atoms with E-state index in [1.807, 2.05) is 19.9 Å². The normalized spacial score (nSPS) is 11.4. The van der Waals surface area contributed by atoms with Crippen molar-refractivity contribution in [2.75, 3.05) is 33.4 Å². The number of aliphatic imine (C=N–C) groups is 1. The van der Waals surface area contributed by atoms with Crippen LogP contribution in [-0.4, -0.2) is 44.3 Å². The molecule has 0 spiro atoms. The first-order chi connectivity index (χ1) is 13.7. The average molecular weight is 405 g/mol. The summed E-state index contributed by atoms with van der Waals surface area (Å²) < 4.78 is 11.0. The minimum atomic E-state index is 0.627. The number of hydrogen-bond acceptors (Lipinski definition) is 5. The lowest BCUT2D eigenvalue weighted by atomic mass is 10.1. The number of aromatic nitrogens is 1. The van der Waals surface area contributed by atoms with Gasteiger partial charge in [-0.05, 0) is 51.3 Å².